The molecule has 4 saturated carbocycles. The molecule has 74 heavy (non-hydrogen) atoms. The van der Waals surface area contributed by atoms with Gasteiger partial charge in [0.1, 0.15) is 103 Å². The highest BCUT2D eigenvalue weighted by atomic mass is 16.8. The third kappa shape index (κ3) is 10.1. The number of rotatable bonds is 13. The van der Waals surface area contributed by atoms with Gasteiger partial charge in [0.25, 0.3) is 0 Å². The number of aliphatic hydroxyl groups is 14. The second-order valence-electron chi connectivity index (χ2n) is 24.1. The fourth-order valence-corrected chi connectivity index (χ4v) is 15.2. The van der Waals surface area contributed by atoms with Gasteiger partial charge in [0, 0.05) is 5.92 Å². The van der Waals surface area contributed by atoms with Crippen LogP contribution in [0.2, 0.25) is 0 Å². The summed E-state index contributed by atoms with van der Waals surface area (Å²) in [4.78, 5) is 0. The van der Waals surface area contributed by atoms with E-state index >= 15 is 0 Å². The summed E-state index contributed by atoms with van der Waals surface area (Å²) in [6, 6.07) is 0. The van der Waals surface area contributed by atoms with Crippen LogP contribution in [0.3, 0.4) is 0 Å². The third-order valence-corrected chi connectivity index (χ3v) is 19.5. The van der Waals surface area contributed by atoms with Crippen molar-refractivity contribution in [3.05, 3.63) is 11.8 Å². The number of fused-ring (bicyclic) bond motifs is 7. The average molecular weight is 1070 g/mol. The lowest BCUT2D eigenvalue weighted by molar-refractivity contribution is -0.391. The molecule has 32 atom stereocenters. The van der Waals surface area contributed by atoms with Gasteiger partial charge in [-0.05, 0) is 119 Å². The molecule has 426 valence electrons. The maximum atomic E-state index is 12.4. The van der Waals surface area contributed by atoms with Gasteiger partial charge in [-0.25, -0.2) is 0 Å². The molecule has 5 saturated heterocycles. The van der Waals surface area contributed by atoms with Crippen molar-refractivity contribution in [1.29, 1.82) is 0 Å². The summed E-state index contributed by atoms with van der Waals surface area (Å²) in [5.74, 6) is 1.12. The van der Waals surface area contributed by atoms with E-state index in [9.17, 15) is 71.5 Å². The summed E-state index contributed by atoms with van der Waals surface area (Å²) in [7, 11) is 0. The minimum atomic E-state index is -1.80. The van der Waals surface area contributed by atoms with E-state index in [1.165, 1.54) is 13.8 Å². The van der Waals surface area contributed by atoms with Gasteiger partial charge < -0.3 is 114 Å². The monoisotopic (exact) mass is 1060 g/mol. The molecule has 0 spiro atoms. The van der Waals surface area contributed by atoms with Crippen molar-refractivity contribution in [3.63, 3.8) is 0 Å². The fraction of sp³-hybridized carbons (Fsp3) is 0.961. The maximum Gasteiger partial charge on any atom is 0.187 e. The van der Waals surface area contributed by atoms with Crippen LogP contribution in [0.4, 0.5) is 0 Å². The second-order valence-corrected chi connectivity index (χ2v) is 24.1. The van der Waals surface area contributed by atoms with E-state index in [-0.39, 0.29) is 53.1 Å². The first-order valence-electron chi connectivity index (χ1n) is 26.9. The molecular formula is C51H84O23. The van der Waals surface area contributed by atoms with Crippen LogP contribution < -0.4 is 0 Å². The summed E-state index contributed by atoms with van der Waals surface area (Å²) >= 11 is 0. The van der Waals surface area contributed by atoms with Crippen LogP contribution in [0, 0.1) is 46.3 Å². The van der Waals surface area contributed by atoms with Gasteiger partial charge in [0.15, 0.2) is 25.2 Å². The summed E-state index contributed by atoms with van der Waals surface area (Å²) < 4.78 is 54.3. The number of hydrogen-bond acceptors (Lipinski definition) is 23. The molecule has 0 bridgehead atoms. The molecular weight excluding hydrogens is 981 g/mol. The summed E-state index contributed by atoms with van der Waals surface area (Å²) in [6.07, 6.45) is -24.5. The highest BCUT2D eigenvalue weighted by Gasteiger charge is 2.70. The lowest BCUT2D eigenvalue weighted by Gasteiger charge is -2.62. The molecule has 0 aromatic heterocycles. The minimum absolute atomic E-state index is 0.0928. The number of allylic oxidation sites excluding steroid dienone is 1. The predicted molar refractivity (Wildman–Crippen MR) is 250 cm³/mol. The number of hydrogen-bond donors (Lipinski definition) is 14. The molecule has 5 heterocycles. The van der Waals surface area contributed by atoms with Gasteiger partial charge >= 0.3 is 0 Å². The molecule has 9 aliphatic rings. The quantitative estimate of drug-likeness (QED) is 0.0817. The van der Waals surface area contributed by atoms with Gasteiger partial charge in [-0.2, -0.15) is 0 Å². The van der Waals surface area contributed by atoms with Crippen LogP contribution in [-0.4, -0.2) is 238 Å². The third-order valence-electron chi connectivity index (χ3n) is 19.5. The molecule has 9 rings (SSSR count). The van der Waals surface area contributed by atoms with Gasteiger partial charge in [-0.15, -0.1) is 0 Å². The Labute approximate surface area is 430 Å². The Balaban J connectivity index is 0.858. The zero-order chi connectivity index (χ0) is 53.7. The second kappa shape index (κ2) is 22.0. The lowest BCUT2D eigenvalue weighted by atomic mass is 9.44. The first-order valence-corrected chi connectivity index (χ1v) is 26.9. The zero-order valence-electron chi connectivity index (χ0n) is 43.0. The van der Waals surface area contributed by atoms with Crippen molar-refractivity contribution in [2.75, 3.05) is 19.8 Å². The average Bonchev–Trinajstić information content (AvgIpc) is 3.82. The molecule has 0 aromatic carbocycles. The van der Waals surface area contributed by atoms with Crippen LogP contribution in [-0.2, 0) is 42.6 Å². The molecule has 5 aliphatic heterocycles. The fourth-order valence-electron chi connectivity index (χ4n) is 15.2. The van der Waals surface area contributed by atoms with Crippen molar-refractivity contribution in [3.8, 4) is 0 Å². The molecule has 9 fully saturated rings. The topological polar surface area (TPSA) is 366 Å². The zero-order valence-corrected chi connectivity index (χ0v) is 43.0. The largest absolute Gasteiger partial charge is 0.492 e. The highest BCUT2D eigenvalue weighted by Crippen LogP contribution is 2.71. The molecule has 23 heteroatoms. The van der Waals surface area contributed by atoms with Gasteiger partial charge in [-0.1, -0.05) is 20.8 Å². The van der Waals surface area contributed by atoms with E-state index in [2.05, 4.69) is 13.8 Å². The highest BCUT2D eigenvalue weighted by molar-refractivity contribution is 5.26. The van der Waals surface area contributed by atoms with Crippen molar-refractivity contribution in [2.24, 2.45) is 46.3 Å². The lowest BCUT2D eigenvalue weighted by Crippen LogP contribution is -2.67. The summed E-state index contributed by atoms with van der Waals surface area (Å²) in [6.45, 7) is 10.0. The molecule has 1 unspecified atom stereocenters. The van der Waals surface area contributed by atoms with Crippen LogP contribution in [0.1, 0.15) is 92.9 Å². The number of aliphatic hydroxyl groups excluding tert-OH is 13. The van der Waals surface area contributed by atoms with Crippen molar-refractivity contribution in [2.45, 2.75) is 240 Å². The van der Waals surface area contributed by atoms with Crippen LogP contribution in [0.15, 0.2) is 11.8 Å². The van der Waals surface area contributed by atoms with E-state index in [1.54, 1.807) is 0 Å². The molecule has 0 amide bonds. The molecule has 4 aliphatic carbocycles. The van der Waals surface area contributed by atoms with Crippen LogP contribution in [0.25, 0.3) is 0 Å². The summed E-state index contributed by atoms with van der Waals surface area (Å²) in [5.41, 5.74) is -1.80. The van der Waals surface area contributed by atoms with E-state index in [0.717, 1.165) is 32.1 Å². The standard InChI is InChI=1S/C51H84O23/c1-19(18-66-45-38(61)37(60)34(57)29(16-52)71-45)7-10-31-51(6,65)44-28(69-31)14-25-23-9-8-22-13-27(26(54)15-50(22,5)24(23)11-12-49(25,44)4)70-48-43(74-47-40(63)36(59)33(56)21(3)68-47)41(64)42(30(17-53)72-48)73-46-39(62)35(58)32(55)20(2)67-46/h10,19-30,32-48,52-65H,7-9,11-18H2,1-6H3/b31-10-/t19-,20-,21-,22-,23+,24-,25-,26+,27?,28-,29+,30+,32-,33-,34+,35+,36+,37-,38+,39+,40+,41-,42+,43+,44-,45+,46-,47-,48+,49-,50-,51+/m0/s1. The normalized spacial score (nSPS) is 56.5. The first kappa shape index (κ1) is 57.3. The maximum absolute atomic E-state index is 12.4. The first-order chi connectivity index (χ1) is 34.9. The van der Waals surface area contributed by atoms with E-state index in [4.69, 9.17) is 42.6 Å². The summed E-state index contributed by atoms with van der Waals surface area (Å²) in [5, 5.41) is 151. The van der Waals surface area contributed by atoms with E-state index in [1.807, 2.05) is 19.9 Å². The SMILES string of the molecule is C[C@@H](C/C=C1\O[C@H]2C[C@H]3[C@@H]4CC[C@H]5CC(O[C@@H]6O[C@H](CO)[C@@H](O[C@@H]7O[C@@H](C)[C@H](O)[C@@H](O)[C@H]7O)[C@H](O)[C@H]6O[C@@H]6O[C@@H](C)[C@H](O)[C@@H](O)[C@H]6O)[C@H](O)C[C@]5(C)[C@H]4CC[C@]3(C)[C@H]2[C@]1(C)O)CO[C@@H]1O[C@H](CO)[C@@H](O)[C@H](O)[C@H]1O. The predicted octanol–water partition coefficient (Wildman–Crippen LogP) is -3.01. The van der Waals surface area contributed by atoms with Gasteiger partial charge in [-0.3, -0.25) is 0 Å². The number of ether oxygens (including phenoxy) is 9. The Bertz CT molecular complexity index is 1930. The van der Waals surface area contributed by atoms with Crippen molar-refractivity contribution < 1.29 is 114 Å². The van der Waals surface area contributed by atoms with Crippen molar-refractivity contribution in [1.82, 2.24) is 0 Å². The van der Waals surface area contributed by atoms with Crippen LogP contribution >= 0.6 is 0 Å². The molecule has 14 N–H and O–H groups in total. The van der Waals surface area contributed by atoms with Crippen LogP contribution in [0.5, 0.6) is 0 Å². The van der Waals surface area contributed by atoms with Crippen molar-refractivity contribution >= 4 is 0 Å². The molecule has 0 radical (unpaired) electrons. The Kier molecular flexibility index (Phi) is 17.0. The Morgan fingerprint density at radius 2 is 1.19 bits per heavy atom. The minimum Gasteiger partial charge on any atom is -0.492 e. The van der Waals surface area contributed by atoms with E-state index in [0.29, 0.717) is 30.9 Å². The van der Waals surface area contributed by atoms with E-state index < -0.39 is 154 Å². The molecule has 0 aromatic rings. The Hall–Kier alpha value is -1.34. The Morgan fingerprint density at radius 1 is 0.608 bits per heavy atom. The van der Waals surface area contributed by atoms with Gasteiger partial charge in [0.05, 0.1) is 44.2 Å². The smallest absolute Gasteiger partial charge is 0.187 e. The Morgan fingerprint density at radius 3 is 1.81 bits per heavy atom. The molecule has 23 nitrogen and oxygen atoms in total. The van der Waals surface area contributed by atoms with Gasteiger partial charge in [0.2, 0.25) is 0 Å².